The quantitative estimate of drug-likeness (QED) is 0.906. The van der Waals surface area contributed by atoms with Crippen LogP contribution < -0.4 is 5.32 Å². The van der Waals surface area contributed by atoms with Gasteiger partial charge >= 0.3 is 0 Å². The molecule has 106 valence electrons. The smallest absolute Gasteiger partial charge is 0.138 e. The molecule has 0 amide bonds. The molecule has 1 heterocycles. The lowest BCUT2D eigenvalue weighted by Crippen LogP contribution is -2.28. The van der Waals surface area contributed by atoms with Gasteiger partial charge in [-0.05, 0) is 36.4 Å². The molecule has 2 atom stereocenters. The summed E-state index contributed by atoms with van der Waals surface area (Å²) in [6.07, 6.45) is 4.91. The van der Waals surface area contributed by atoms with Crippen molar-refractivity contribution in [3.05, 3.63) is 47.5 Å². The number of hydrogen-bond acceptors (Lipinski definition) is 3. The van der Waals surface area contributed by atoms with Gasteiger partial charge in [-0.25, -0.2) is 4.98 Å². The Bertz CT molecular complexity index is 575. The molecule has 4 heteroatoms. The van der Waals surface area contributed by atoms with Gasteiger partial charge in [-0.1, -0.05) is 31.2 Å². The number of aromatic nitrogens is 3. The Morgan fingerprint density at radius 2 is 2.20 bits per heavy atom. The van der Waals surface area contributed by atoms with E-state index >= 15 is 0 Å². The van der Waals surface area contributed by atoms with Gasteiger partial charge in [0.15, 0.2) is 0 Å². The van der Waals surface area contributed by atoms with Gasteiger partial charge in [-0.15, -0.1) is 0 Å². The summed E-state index contributed by atoms with van der Waals surface area (Å²) in [6, 6.07) is 9.25. The molecule has 0 saturated carbocycles. The van der Waals surface area contributed by atoms with E-state index in [9.17, 15) is 0 Å². The third kappa shape index (κ3) is 2.48. The van der Waals surface area contributed by atoms with Gasteiger partial charge in [0.2, 0.25) is 0 Å². The Labute approximate surface area is 120 Å². The number of nitrogens with one attached hydrogen (secondary N) is 1. The summed E-state index contributed by atoms with van der Waals surface area (Å²) >= 11 is 0. The van der Waals surface area contributed by atoms with E-state index in [2.05, 4.69) is 46.6 Å². The first-order valence-electron chi connectivity index (χ1n) is 7.43. The molecule has 1 aliphatic carbocycles. The summed E-state index contributed by atoms with van der Waals surface area (Å²) in [5, 5.41) is 7.89. The molecule has 2 aromatic rings. The number of fused-ring (bicyclic) bond motifs is 1. The summed E-state index contributed by atoms with van der Waals surface area (Å²) in [4.78, 5) is 4.38. The van der Waals surface area contributed by atoms with Gasteiger partial charge in [-0.3, -0.25) is 4.68 Å². The maximum absolute atomic E-state index is 4.38. The monoisotopic (exact) mass is 270 g/mol. The fourth-order valence-electron chi connectivity index (χ4n) is 3.18. The Kier molecular flexibility index (Phi) is 3.83. The number of hydrogen-bond donors (Lipinski definition) is 1. The van der Waals surface area contributed by atoms with Crippen LogP contribution in [0.15, 0.2) is 30.6 Å². The third-order valence-corrected chi connectivity index (χ3v) is 4.21. The van der Waals surface area contributed by atoms with Gasteiger partial charge in [-0.2, -0.15) is 5.10 Å². The molecule has 3 rings (SSSR count). The number of aryl methyl sites for hydroxylation is 1. The van der Waals surface area contributed by atoms with Crippen LogP contribution in [-0.4, -0.2) is 21.3 Å². The first-order chi connectivity index (χ1) is 9.79. The zero-order valence-electron chi connectivity index (χ0n) is 12.2. The van der Waals surface area contributed by atoms with Crippen LogP contribution in [-0.2, 0) is 19.9 Å². The highest BCUT2D eigenvalue weighted by Crippen LogP contribution is 2.37. The molecule has 1 aromatic heterocycles. The lowest BCUT2D eigenvalue weighted by molar-refractivity contribution is 0.376. The highest BCUT2D eigenvalue weighted by molar-refractivity contribution is 5.36. The number of rotatable bonds is 5. The fourth-order valence-corrected chi connectivity index (χ4v) is 3.18. The van der Waals surface area contributed by atoms with Crippen molar-refractivity contribution in [1.29, 1.82) is 0 Å². The van der Waals surface area contributed by atoms with Gasteiger partial charge in [0.25, 0.3) is 0 Å². The Balaban J connectivity index is 1.82. The molecule has 20 heavy (non-hydrogen) atoms. The van der Waals surface area contributed by atoms with Crippen LogP contribution >= 0.6 is 0 Å². The van der Waals surface area contributed by atoms with E-state index in [0.717, 1.165) is 31.6 Å². The van der Waals surface area contributed by atoms with Crippen LogP contribution in [0.3, 0.4) is 0 Å². The number of benzene rings is 1. The molecule has 0 radical (unpaired) electrons. The highest BCUT2D eigenvalue weighted by Gasteiger charge is 2.32. The maximum Gasteiger partial charge on any atom is 0.138 e. The first kappa shape index (κ1) is 13.3. The largest absolute Gasteiger partial charge is 0.310 e. The van der Waals surface area contributed by atoms with E-state index in [1.165, 1.54) is 11.1 Å². The van der Waals surface area contributed by atoms with Crippen LogP contribution in [0, 0.1) is 5.92 Å². The minimum Gasteiger partial charge on any atom is -0.310 e. The summed E-state index contributed by atoms with van der Waals surface area (Å²) in [5.41, 5.74) is 2.95. The average molecular weight is 270 g/mol. The van der Waals surface area contributed by atoms with E-state index in [1.54, 1.807) is 6.33 Å². The normalized spacial score (nSPS) is 21.1. The molecule has 4 nitrogen and oxygen atoms in total. The average Bonchev–Trinajstić information content (AvgIpc) is 3.01. The standard InChI is InChI=1S/C16H22N4/c1-3-8-17-16-13(10-15-18-11-19-20(15)2)9-12-6-4-5-7-14(12)16/h4-7,11,13,16-17H,3,8-10H2,1-2H3. The molecule has 1 aromatic carbocycles. The van der Waals surface area contributed by atoms with Crippen molar-refractivity contribution in [2.45, 2.75) is 32.2 Å². The van der Waals surface area contributed by atoms with Crippen molar-refractivity contribution in [3.8, 4) is 0 Å². The Morgan fingerprint density at radius 3 is 2.95 bits per heavy atom. The molecule has 1 N–H and O–H groups in total. The van der Waals surface area contributed by atoms with E-state index < -0.39 is 0 Å². The zero-order valence-corrected chi connectivity index (χ0v) is 12.2. The predicted molar refractivity (Wildman–Crippen MR) is 79.4 cm³/mol. The molecule has 2 unspecified atom stereocenters. The SMILES string of the molecule is CCCNC1c2ccccc2CC1Cc1ncnn1C. The minimum absolute atomic E-state index is 0.447. The molecule has 0 bridgehead atoms. The van der Waals surface area contributed by atoms with E-state index in [1.807, 2.05) is 11.7 Å². The molecule has 1 aliphatic rings. The lowest BCUT2D eigenvalue weighted by Gasteiger charge is -2.21. The summed E-state index contributed by atoms with van der Waals surface area (Å²) in [5.74, 6) is 1.65. The lowest BCUT2D eigenvalue weighted by atomic mass is 9.96. The van der Waals surface area contributed by atoms with Gasteiger partial charge < -0.3 is 5.32 Å². The highest BCUT2D eigenvalue weighted by atomic mass is 15.3. The number of nitrogens with zero attached hydrogens (tertiary/aromatic N) is 3. The van der Waals surface area contributed by atoms with E-state index in [4.69, 9.17) is 0 Å². The van der Waals surface area contributed by atoms with Crippen molar-refractivity contribution in [2.75, 3.05) is 6.54 Å². The topological polar surface area (TPSA) is 42.7 Å². The van der Waals surface area contributed by atoms with Crippen LogP contribution in [0.5, 0.6) is 0 Å². The van der Waals surface area contributed by atoms with Crippen LogP contribution in [0.1, 0.15) is 36.3 Å². The maximum atomic E-state index is 4.38. The molecule has 0 saturated heterocycles. The van der Waals surface area contributed by atoms with Crippen LogP contribution in [0.4, 0.5) is 0 Å². The molecular formula is C16H22N4. The van der Waals surface area contributed by atoms with Gasteiger partial charge in [0.1, 0.15) is 12.2 Å². The minimum atomic E-state index is 0.447. The fraction of sp³-hybridized carbons (Fsp3) is 0.500. The van der Waals surface area contributed by atoms with Crippen LogP contribution in [0.2, 0.25) is 0 Å². The van der Waals surface area contributed by atoms with Crippen molar-refractivity contribution >= 4 is 0 Å². The Morgan fingerprint density at radius 1 is 1.35 bits per heavy atom. The predicted octanol–water partition coefficient (Wildman–Crippen LogP) is 2.27. The summed E-state index contributed by atoms with van der Waals surface area (Å²) < 4.78 is 1.89. The molecule has 0 spiro atoms. The van der Waals surface area contributed by atoms with E-state index in [0.29, 0.717) is 12.0 Å². The Hall–Kier alpha value is -1.68. The molecular weight excluding hydrogens is 248 g/mol. The molecule has 0 fully saturated rings. The second-order valence-corrected chi connectivity index (χ2v) is 5.60. The second kappa shape index (κ2) is 5.75. The third-order valence-electron chi connectivity index (χ3n) is 4.21. The zero-order chi connectivity index (χ0) is 13.9. The van der Waals surface area contributed by atoms with Crippen molar-refractivity contribution in [3.63, 3.8) is 0 Å². The summed E-state index contributed by atoms with van der Waals surface area (Å²) in [6.45, 7) is 3.28. The van der Waals surface area contributed by atoms with Crippen LogP contribution in [0.25, 0.3) is 0 Å². The second-order valence-electron chi connectivity index (χ2n) is 5.60. The van der Waals surface area contributed by atoms with Crippen molar-refractivity contribution in [1.82, 2.24) is 20.1 Å². The summed E-state index contributed by atoms with van der Waals surface area (Å²) in [7, 11) is 1.97. The first-order valence-corrected chi connectivity index (χ1v) is 7.43. The molecule has 0 aliphatic heterocycles. The van der Waals surface area contributed by atoms with E-state index in [-0.39, 0.29) is 0 Å². The van der Waals surface area contributed by atoms with Crippen molar-refractivity contribution in [2.24, 2.45) is 13.0 Å². The van der Waals surface area contributed by atoms with Gasteiger partial charge in [0, 0.05) is 19.5 Å². The van der Waals surface area contributed by atoms with Crippen molar-refractivity contribution < 1.29 is 0 Å². The van der Waals surface area contributed by atoms with Gasteiger partial charge in [0.05, 0.1) is 0 Å².